The van der Waals surface area contributed by atoms with Crippen LogP contribution in [0.5, 0.6) is 0 Å². The number of fused-ring (bicyclic) bond motifs is 1. The molecule has 5 heteroatoms. The van der Waals surface area contributed by atoms with E-state index in [9.17, 15) is 0 Å². The Hall–Kier alpha value is -2.27. The van der Waals surface area contributed by atoms with Crippen LogP contribution in [0.25, 0.3) is 10.9 Å². The number of aryl methyl sites for hydroxylation is 2. The first-order chi connectivity index (χ1) is 11.7. The monoisotopic (exact) mass is 321 g/mol. The molecule has 3 heterocycles. The fourth-order valence-electron chi connectivity index (χ4n) is 3.64. The van der Waals surface area contributed by atoms with Gasteiger partial charge >= 0.3 is 0 Å². The van der Waals surface area contributed by atoms with Gasteiger partial charge in [0.05, 0.1) is 24.8 Å². The van der Waals surface area contributed by atoms with E-state index in [-0.39, 0.29) is 0 Å². The van der Waals surface area contributed by atoms with Crippen LogP contribution < -0.4 is 0 Å². The molecular formula is C19H23N5. The summed E-state index contributed by atoms with van der Waals surface area (Å²) in [5.74, 6) is 0.926. The number of hydrogen-bond donors (Lipinski definition) is 0. The minimum Gasteiger partial charge on any atom is -0.291 e. The van der Waals surface area contributed by atoms with Crippen molar-refractivity contribution in [3.05, 3.63) is 53.7 Å². The van der Waals surface area contributed by atoms with E-state index in [0.29, 0.717) is 6.04 Å². The van der Waals surface area contributed by atoms with Crippen molar-refractivity contribution in [3.8, 4) is 0 Å². The van der Waals surface area contributed by atoms with Crippen LogP contribution in [0.1, 0.15) is 29.9 Å². The fourth-order valence-corrected chi connectivity index (χ4v) is 3.64. The quantitative estimate of drug-likeness (QED) is 0.741. The maximum atomic E-state index is 4.77. The molecule has 1 aromatic carbocycles. The molecule has 1 fully saturated rings. The molecule has 0 unspecified atom stereocenters. The van der Waals surface area contributed by atoms with Gasteiger partial charge in [-0.1, -0.05) is 18.2 Å². The average molecular weight is 321 g/mol. The summed E-state index contributed by atoms with van der Waals surface area (Å²) in [5, 5.41) is 5.58. The van der Waals surface area contributed by atoms with Crippen LogP contribution in [0.2, 0.25) is 0 Å². The van der Waals surface area contributed by atoms with E-state index in [1.165, 1.54) is 18.4 Å². The number of aromatic nitrogens is 4. The molecule has 1 atom stereocenters. The van der Waals surface area contributed by atoms with Crippen molar-refractivity contribution < 1.29 is 0 Å². The fraction of sp³-hybridized carbons (Fsp3) is 0.421. The molecule has 1 saturated heterocycles. The third kappa shape index (κ3) is 3.04. The molecule has 1 aliphatic rings. The van der Waals surface area contributed by atoms with Gasteiger partial charge < -0.3 is 0 Å². The zero-order valence-electron chi connectivity index (χ0n) is 14.3. The van der Waals surface area contributed by atoms with Crippen LogP contribution in [-0.2, 0) is 13.1 Å². The highest BCUT2D eigenvalue weighted by molar-refractivity contribution is 5.80. The van der Waals surface area contributed by atoms with Gasteiger partial charge in [-0.15, -0.1) is 0 Å². The molecule has 0 saturated carbocycles. The summed E-state index contributed by atoms with van der Waals surface area (Å²) in [6.07, 6.45) is 6.49. The summed E-state index contributed by atoms with van der Waals surface area (Å²) in [7, 11) is 0. The van der Waals surface area contributed by atoms with E-state index in [1.807, 2.05) is 18.3 Å². The standard InChI is InChI=1S/C19H23N5/c1-14-10-20-24(11-14)12-16-6-5-9-23(16)13-19-21-15(2)17-7-3-4-8-18(17)22-19/h3-4,7-8,10-11,16H,5-6,9,12-13H2,1-2H3/t16-/m0/s1. The van der Waals surface area contributed by atoms with Gasteiger partial charge in [0.15, 0.2) is 0 Å². The van der Waals surface area contributed by atoms with E-state index in [0.717, 1.165) is 42.1 Å². The lowest BCUT2D eigenvalue weighted by molar-refractivity contribution is 0.214. The number of hydrogen-bond acceptors (Lipinski definition) is 4. The first-order valence-corrected chi connectivity index (χ1v) is 8.64. The number of benzene rings is 1. The van der Waals surface area contributed by atoms with Crippen molar-refractivity contribution in [2.24, 2.45) is 0 Å². The molecule has 2 aromatic heterocycles. The smallest absolute Gasteiger partial charge is 0.143 e. The van der Waals surface area contributed by atoms with E-state index in [4.69, 9.17) is 9.97 Å². The van der Waals surface area contributed by atoms with Gasteiger partial charge in [-0.3, -0.25) is 9.58 Å². The summed E-state index contributed by atoms with van der Waals surface area (Å²) in [4.78, 5) is 12.0. The molecule has 0 spiro atoms. The minimum atomic E-state index is 0.514. The zero-order chi connectivity index (χ0) is 16.5. The molecule has 124 valence electrons. The van der Waals surface area contributed by atoms with Gasteiger partial charge in [-0.05, 0) is 44.9 Å². The Balaban J connectivity index is 1.53. The normalized spacial score (nSPS) is 18.5. The molecule has 4 rings (SSSR count). The predicted molar refractivity (Wildman–Crippen MR) is 94.7 cm³/mol. The number of likely N-dealkylation sites (tertiary alicyclic amines) is 1. The van der Waals surface area contributed by atoms with Crippen LogP contribution in [0.3, 0.4) is 0 Å². The molecule has 24 heavy (non-hydrogen) atoms. The van der Waals surface area contributed by atoms with Crippen LogP contribution >= 0.6 is 0 Å². The Kier molecular flexibility index (Phi) is 4.02. The first kappa shape index (κ1) is 15.3. The van der Waals surface area contributed by atoms with Crippen molar-refractivity contribution in [2.75, 3.05) is 6.54 Å². The van der Waals surface area contributed by atoms with Crippen LogP contribution in [-0.4, -0.2) is 37.2 Å². The van der Waals surface area contributed by atoms with E-state index in [1.54, 1.807) is 0 Å². The van der Waals surface area contributed by atoms with Gasteiger partial charge in [-0.25, -0.2) is 9.97 Å². The van der Waals surface area contributed by atoms with Gasteiger partial charge in [0.25, 0.3) is 0 Å². The maximum Gasteiger partial charge on any atom is 0.143 e. The molecule has 0 radical (unpaired) electrons. The summed E-state index contributed by atoms with van der Waals surface area (Å²) >= 11 is 0. The summed E-state index contributed by atoms with van der Waals surface area (Å²) < 4.78 is 2.06. The molecule has 0 bridgehead atoms. The lowest BCUT2D eigenvalue weighted by Crippen LogP contribution is -2.33. The largest absolute Gasteiger partial charge is 0.291 e. The Morgan fingerprint density at radius 2 is 2.04 bits per heavy atom. The first-order valence-electron chi connectivity index (χ1n) is 8.64. The van der Waals surface area contributed by atoms with Crippen molar-refractivity contribution in [3.63, 3.8) is 0 Å². The predicted octanol–water partition coefficient (Wildman–Crippen LogP) is 3.11. The maximum absolute atomic E-state index is 4.77. The van der Waals surface area contributed by atoms with E-state index >= 15 is 0 Å². The Labute approximate surface area is 142 Å². The highest BCUT2D eigenvalue weighted by atomic mass is 15.3. The number of para-hydroxylation sites is 1. The van der Waals surface area contributed by atoms with Crippen molar-refractivity contribution in [1.29, 1.82) is 0 Å². The topological polar surface area (TPSA) is 46.8 Å². The summed E-state index contributed by atoms with van der Waals surface area (Å²) in [6, 6.07) is 8.76. The lowest BCUT2D eigenvalue weighted by Gasteiger charge is -2.23. The van der Waals surface area contributed by atoms with Crippen LogP contribution in [0.4, 0.5) is 0 Å². The van der Waals surface area contributed by atoms with E-state index < -0.39 is 0 Å². The minimum absolute atomic E-state index is 0.514. The molecule has 1 aliphatic heterocycles. The lowest BCUT2D eigenvalue weighted by atomic mass is 10.2. The average Bonchev–Trinajstić information content (AvgIpc) is 3.17. The van der Waals surface area contributed by atoms with Gasteiger partial charge in [0.1, 0.15) is 5.82 Å². The molecule has 0 aliphatic carbocycles. The van der Waals surface area contributed by atoms with Crippen LogP contribution in [0, 0.1) is 13.8 Å². The van der Waals surface area contributed by atoms with Gasteiger partial charge in [-0.2, -0.15) is 5.10 Å². The molecule has 5 nitrogen and oxygen atoms in total. The molecule has 0 N–H and O–H groups in total. The van der Waals surface area contributed by atoms with E-state index in [2.05, 4.69) is 46.9 Å². The number of rotatable bonds is 4. The SMILES string of the molecule is Cc1cnn(C[C@@H]2CCCN2Cc2nc(C)c3ccccc3n2)c1. The van der Waals surface area contributed by atoms with Crippen LogP contribution in [0.15, 0.2) is 36.7 Å². The Morgan fingerprint density at radius 1 is 1.17 bits per heavy atom. The second-order valence-corrected chi connectivity index (χ2v) is 6.75. The highest BCUT2D eigenvalue weighted by Gasteiger charge is 2.26. The van der Waals surface area contributed by atoms with Crippen molar-refractivity contribution in [2.45, 2.75) is 45.8 Å². The van der Waals surface area contributed by atoms with Gasteiger partial charge in [0.2, 0.25) is 0 Å². The second-order valence-electron chi connectivity index (χ2n) is 6.75. The zero-order valence-corrected chi connectivity index (χ0v) is 14.3. The molecule has 0 amide bonds. The Morgan fingerprint density at radius 3 is 2.88 bits per heavy atom. The summed E-state index contributed by atoms with van der Waals surface area (Å²) in [5.41, 5.74) is 3.32. The van der Waals surface area contributed by atoms with Gasteiger partial charge in [0, 0.05) is 23.3 Å². The second kappa shape index (κ2) is 6.32. The highest BCUT2D eigenvalue weighted by Crippen LogP contribution is 2.22. The third-order valence-electron chi connectivity index (χ3n) is 4.84. The Bertz CT molecular complexity index is 854. The summed E-state index contributed by atoms with van der Waals surface area (Å²) in [6.45, 7) is 7.03. The van der Waals surface area contributed by atoms with Crippen molar-refractivity contribution in [1.82, 2.24) is 24.6 Å². The molecular weight excluding hydrogens is 298 g/mol. The molecule has 3 aromatic rings. The third-order valence-corrected chi connectivity index (χ3v) is 4.84. The number of nitrogens with zero attached hydrogens (tertiary/aromatic N) is 5. The van der Waals surface area contributed by atoms with Crippen molar-refractivity contribution >= 4 is 10.9 Å².